The summed E-state index contributed by atoms with van der Waals surface area (Å²) in [7, 11) is 0. The Morgan fingerprint density at radius 1 is 1.14 bits per heavy atom. The Bertz CT molecular complexity index is 1030. The fourth-order valence-electron chi connectivity index (χ4n) is 4.51. The first-order chi connectivity index (χ1) is 14.1. The van der Waals surface area contributed by atoms with Gasteiger partial charge in [-0.1, -0.05) is 23.4 Å². The van der Waals surface area contributed by atoms with Crippen LogP contribution in [0.5, 0.6) is 0 Å². The Hall–Kier alpha value is -2.93. The van der Waals surface area contributed by atoms with Gasteiger partial charge < -0.3 is 14.2 Å². The van der Waals surface area contributed by atoms with E-state index in [1.165, 1.54) is 5.56 Å². The zero-order valence-electron chi connectivity index (χ0n) is 16.7. The number of carbonyl (C=O) groups excluding carboxylic acids is 1. The van der Waals surface area contributed by atoms with Crippen molar-refractivity contribution in [2.24, 2.45) is 0 Å². The Labute approximate surface area is 169 Å². The quantitative estimate of drug-likeness (QED) is 0.670. The second-order valence-corrected chi connectivity index (χ2v) is 7.87. The summed E-state index contributed by atoms with van der Waals surface area (Å²) >= 11 is 0. The maximum Gasteiger partial charge on any atom is 0.259 e. The number of aryl methyl sites for hydroxylation is 2. The molecule has 3 aromatic rings. The third-order valence-corrected chi connectivity index (χ3v) is 6.10. The number of para-hydroxylation sites is 1. The van der Waals surface area contributed by atoms with Crippen LogP contribution < -0.4 is 0 Å². The number of likely N-dealkylation sites (tertiary alicyclic amines) is 1. The summed E-state index contributed by atoms with van der Waals surface area (Å²) in [5, 5.41) is 8.83. The highest BCUT2D eigenvalue weighted by atomic mass is 16.5. The second kappa shape index (κ2) is 6.84. The van der Waals surface area contributed by atoms with Crippen LogP contribution in [0.15, 0.2) is 41.1 Å². The molecule has 0 atom stereocenters. The van der Waals surface area contributed by atoms with E-state index < -0.39 is 5.60 Å². The SMILES string of the molecule is Cc1noc(C)c1C(=O)N1CCC2(CC1)OCCc1cn(-c3ccccc3)nc12. The highest BCUT2D eigenvalue weighted by Gasteiger charge is 2.44. The molecule has 1 aromatic carbocycles. The molecule has 0 radical (unpaired) electrons. The van der Waals surface area contributed by atoms with Gasteiger partial charge in [-0.25, -0.2) is 4.68 Å². The molecule has 1 amide bonds. The van der Waals surface area contributed by atoms with E-state index in [2.05, 4.69) is 23.5 Å². The summed E-state index contributed by atoms with van der Waals surface area (Å²) in [6.07, 6.45) is 4.46. The van der Waals surface area contributed by atoms with E-state index in [0.29, 0.717) is 36.7 Å². The molecule has 4 heterocycles. The predicted octanol–water partition coefficient (Wildman–Crippen LogP) is 3.18. The average Bonchev–Trinajstić information content (AvgIpc) is 3.33. The molecule has 2 aromatic heterocycles. The van der Waals surface area contributed by atoms with Gasteiger partial charge in [-0.15, -0.1) is 0 Å². The lowest BCUT2D eigenvalue weighted by atomic mass is 9.83. The number of carbonyl (C=O) groups is 1. The molecule has 7 heteroatoms. The first kappa shape index (κ1) is 18.1. The number of hydrogen-bond donors (Lipinski definition) is 0. The molecule has 29 heavy (non-hydrogen) atoms. The summed E-state index contributed by atoms with van der Waals surface area (Å²) in [4.78, 5) is 14.9. The maximum atomic E-state index is 13.0. The lowest BCUT2D eigenvalue weighted by Gasteiger charge is -2.43. The normalized spacial score (nSPS) is 18.1. The summed E-state index contributed by atoms with van der Waals surface area (Å²) in [6.45, 7) is 5.53. The van der Waals surface area contributed by atoms with Crippen LogP contribution in [0.3, 0.4) is 0 Å². The van der Waals surface area contributed by atoms with Crippen LogP contribution in [0.2, 0.25) is 0 Å². The van der Waals surface area contributed by atoms with Crippen molar-refractivity contribution >= 4 is 5.91 Å². The first-order valence-corrected chi connectivity index (χ1v) is 10.1. The summed E-state index contributed by atoms with van der Waals surface area (Å²) in [6, 6.07) is 10.1. The molecular weight excluding hydrogens is 368 g/mol. The molecule has 2 aliphatic heterocycles. The van der Waals surface area contributed by atoms with Crippen molar-refractivity contribution in [3.8, 4) is 5.69 Å². The van der Waals surface area contributed by atoms with E-state index in [1.54, 1.807) is 6.92 Å². The van der Waals surface area contributed by atoms with Gasteiger partial charge in [-0.2, -0.15) is 5.10 Å². The number of nitrogens with zero attached hydrogens (tertiary/aromatic N) is 4. The number of benzene rings is 1. The number of rotatable bonds is 2. The van der Waals surface area contributed by atoms with Crippen LogP contribution in [-0.2, 0) is 16.8 Å². The molecule has 0 N–H and O–H groups in total. The van der Waals surface area contributed by atoms with Crippen molar-refractivity contribution in [3.05, 3.63) is 64.8 Å². The van der Waals surface area contributed by atoms with Crippen molar-refractivity contribution in [1.29, 1.82) is 0 Å². The van der Waals surface area contributed by atoms with Gasteiger partial charge in [0.25, 0.3) is 5.91 Å². The fraction of sp³-hybridized carbons (Fsp3) is 0.409. The molecule has 0 aliphatic carbocycles. The minimum atomic E-state index is -0.414. The number of aromatic nitrogens is 3. The van der Waals surface area contributed by atoms with Crippen molar-refractivity contribution in [2.45, 2.75) is 38.7 Å². The summed E-state index contributed by atoms with van der Waals surface area (Å²) in [5.41, 5.74) is 4.12. The van der Waals surface area contributed by atoms with E-state index >= 15 is 0 Å². The van der Waals surface area contributed by atoms with E-state index in [-0.39, 0.29) is 5.91 Å². The van der Waals surface area contributed by atoms with Gasteiger partial charge in [-0.3, -0.25) is 4.79 Å². The standard InChI is InChI=1S/C22H24N4O3/c1-15-19(16(2)29-24-15)21(27)25-11-9-22(10-12-25)20-17(8-13-28-22)14-26(23-20)18-6-4-3-5-7-18/h3-7,14H,8-13H2,1-2H3. The molecule has 150 valence electrons. The van der Waals surface area contributed by atoms with Crippen LogP contribution >= 0.6 is 0 Å². The van der Waals surface area contributed by atoms with Crippen LogP contribution in [0.25, 0.3) is 5.69 Å². The zero-order chi connectivity index (χ0) is 20.0. The molecule has 0 unspecified atom stereocenters. The van der Waals surface area contributed by atoms with Crippen molar-refractivity contribution in [1.82, 2.24) is 19.8 Å². The van der Waals surface area contributed by atoms with E-state index in [9.17, 15) is 4.79 Å². The van der Waals surface area contributed by atoms with Crippen LogP contribution in [0.4, 0.5) is 0 Å². The lowest BCUT2D eigenvalue weighted by molar-refractivity contribution is -0.0963. The minimum Gasteiger partial charge on any atom is -0.368 e. The van der Waals surface area contributed by atoms with Gasteiger partial charge in [-0.05, 0) is 50.8 Å². The number of amides is 1. The Morgan fingerprint density at radius 3 is 2.59 bits per heavy atom. The van der Waals surface area contributed by atoms with E-state index in [4.69, 9.17) is 14.4 Å². The largest absolute Gasteiger partial charge is 0.368 e. The molecule has 2 aliphatic rings. The summed E-state index contributed by atoms with van der Waals surface area (Å²) < 4.78 is 13.4. The maximum absolute atomic E-state index is 13.0. The van der Waals surface area contributed by atoms with E-state index in [0.717, 1.165) is 30.6 Å². The molecule has 1 fully saturated rings. The van der Waals surface area contributed by atoms with Gasteiger partial charge >= 0.3 is 0 Å². The highest BCUT2D eigenvalue weighted by molar-refractivity contribution is 5.96. The lowest BCUT2D eigenvalue weighted by Crippen LogP contribution is -2.48. The predicted molar refractivity (Wildman–Crippen MR) is 106 cm³/mol. The number of hydrogen-bond acceptors (Lipinski definition) is 5. The van der Waals surface area contributed by atoms with Crippen molar-refractivity contribution < 1.29 is 14.1 Å². The summed E-state index contributed by atoms with van der Waals surface area (Å²) in [5.74, 6) is 0.563. The third kappa shape index (κ3) is 2.97. The average molecular weight is 392 g/mol. The molecule has 1 saturated heterocycles. The minimum absolute atomic E-state index is 0.0121. The molecule has 5 rings (SSSR count). The van der Waals surface area contributed by atoms with Gasteiger partial charge in [0.2, 0.25) is 0 Å². The Kier molecular flexibility index (Phi) is 4.28. The number of fused-ring (bicyclic) bond motifs is 2. The molecule has 0 bridgehead atoms. The number of ether oxygens (including phenoxy) is 1. The highest BCUT2D eigenvalue weighted by Crippen LogP contribution is 2.41. The third-order valence-electron chi connectivity index (χ3n) is 6.10. The molecule has 0 saturated carbocycles. The van der Waals surface area contributed by atoms with Crippen LogP contribution in [0, 0.1) is 13.8 Å². The second-order valence-electron chi connectivity index (χ2n) is 7.87. The zero-order valence-corrected chi connectivity index (χ0v) is 16.7. The Balaban J connectivity index is 1.39. The topological polar surface area (TPSA) is 73.4 Å². The van der Waals surface area contributed by atoms with Gasteiger partial charge in [0.15, 0.2) is 0 Å². The fourth-order valence-corrected chi connectivity index (χ4v) is 4.51. The molecule has 7 nitrogen and oxygen atoms in total. The van der Waals surface area contributed by atoms with Gasteiger partial charge in [0.05, 0.1) is 23.7 Å². The molecular formula is C22H24N4O3. The first-order valence-electron chi connectivity index (χ1n) is 10.1. The van der Waals surface area contributed by atoms with Gasteiger partial charge in [0, 0.05) is 19.3 Å². The van der Waals surface area contributed by atoms with Crippen LogP contribution in [0.1, 0.15) is 45.9 Å². The molecule has 1 spiro atoms. The van der Waals surface area contributed by atoms with E-state index in [1.807, 2.05) is 34.7 Å². The van der Waals surface area contributed by atoms with Gasteiger partial charge in [0.1, 0.15) is 16.9 Å². The Morgan fingerprint density at radius 2 is 1.90 bits per heavy atom. The number of piperidine rings is 1. The van der Waals surface area contributed by atoms with Crippen molar-refractivity contribution in [2.75, 3.05) is 19.7 Å². The smallest absolute Gasteiger partial charge is 0.259 e. The van der Waals surface area contributed by atoms with Crippen molar-refractivity contribution in [3.63, 3.8) is 0 Å². The van der Waals surface area contributed by atoms with Crippen LogP contribution in [-0.4, -0.2) is 45.4 Å². The monoisotopic (exact) mass is 392 g/mol.